The fraction of sp³-hybridized carbons (Fsp3) is 0.320. The highest BCUT2D eigenvalue weighted by Crippen LogP contribution is 2.27. The Kier molecular flexibility index (Phi) is 10.6. The minimum absolute atomic E-state index is 0.228. The molecular weight excluding hydrogens is 545 g/mol. The molecule has 1 heterocycles. The first-order valence-corrected chi connectivity index (χ1v) is 12.9. The molecule has 0 aliphatic rings. The van der Waals surface area contributed by atoms with Crippen LogP contribution >= 0.6 is 22.9 Å². The maximum Gasteiger partial charge on any atom is 0.573 e. The van der Waals surface area contributed by atoms with E-state index >= 15 is 0 Å². The summed E-state index contributed by atoms with van der Waals surface area (Å²) in [4.78, 5) is 28.7. The van der Waals surface area contributed by atoms with Gasteiger partial charge in [-0.25, -0.2) is 4.79 Å². The number of amides is 2. The van der Waals surface area contributed by atoms with Crippen LogP contribution in [0.4, 0.5) is 18.0 Å². The maximum absolute atomic E-state index is 12.5. The lowest BCUT2D eigenvalue weighted by atomic mass is 10.1. The number of carbonyl (C=O) groups is 2. The Morgan fingerprint density at radius 1 is 1.08 bits per heavy atom. The van der Waals surface area contributed by atoms with Crippen LogP contribution in [0.25, 0.3) is 11.3 Å². The predicted octanol–water partition coefficient (Wildman–Crippen LogP) is 5.12. The number of hydrogen-bond donors (Lipinski definition) is 2. The van der Waals surface area contributed by atoms with E-state index in [1.54, 1.807) is 31.2 Å². The van der Waals surface area contributed by atoms with E-state index in [0.29, 0.717) is 41.4 Å². The Morgan fingerprint density at radius 2 is 1.79 bits per heavy atom. The van der Waals surface area contributed by atoms with Gasteiger partial charge in [-0.15, -0.1) is 24.5 Å². The molecule has 0 spiro atoms. The van der Waals surface area contributed by atoms with Gasteiger partial charge < -0.3 is 24.7 Å². The minimum Gasteiger partial charge on any atom is -0.465 e. The fourth-order valence-corrected chi connectivity index (χ4v) is 4.41. The molecule has 0 unspecified atom stereocenters. The third-order valence-electron chi connectivity index (χ3n) is 5.03. The number of nitrogens with zero attached hydrogens (tertiary/aromatic N) is 2. The van der Waals surface area contributed by atoms with Gasteiger partial charge in [0.15, 0.2) is 4.80 Å². The molecule has 3 rings (SSSR count). The van der Waals surface area contributed by atoms with Gasteiger partial charge >= 0.3 is 18.4 Å². The number of alkyl halides is 3. The van der Waals surface area contributed by atoms with E-state index < -0.39 is 18.4 Å². The number of esters is 1. The molecule has 0 atom stereocenters. The summed E-state index contributed by atoms with van der Waals surface area (Å²) in [7, 11) is 0. The van der Waals surface area contributed by atoms with Gasteiger partial charge in [0.2, 0.25) is 0 Å². The summed E-state index contributed by atoms with van der Waals surface area (Å²) in [5.74, 6) is -0.839. The Labute approximate surface area is 226 Å². The lowest BCUT2D eigenvalue weighted by Gasteiger charge is -2.12. The quantitative estimate of drug-likeness (QED) is 0.247. The molecule has 2 aromatic carbocycles. The molecule has 2 N–H and O–H groups in total. The molecule has 204 valence electrons. The van der Waals surface area contributed by atoms with E-state index in [-0.39, 0.29) is 18.9 Å². The lowest BCUT2D eigenvalue weighted by Crippen LogP contribution is -2.39. The summed E-state index contributed by atoms with van der Waals surface area (Å²) in [6.07, 6.45) is -4.24. The highest BCUT2D eigenvalue weighted by atomic mass is 35.5. The van der Waals surface area contributed by atoms with Crippen LogP contribution in [0.1, 0.15) is 18.9 Å². The standard InChI is InChI=1S/C25H26ClF3N4O4S/c1-2-36-22(34)15-31-23(35)30-12-3-13-33-21(18-6-10-20(11-7-18)37-25(27,28)29)16-38-24(33)32-14-17-4-8-19(26)9-5-17/h4-11,16H,2-3,12-15H2,1H3,(H2,30,31,35)/b32-24-. The lowest BCUT2D eigenvalue weighted by molar-refractivity contribution is -0.274. The molecule has 13 heteroatoms. The molecule has 0 saturated heterocycles. The van der Waals surface area contributed by atoms with Crippen molar-refractivity contribution in [1.29, 1.82) is 0 Å². The van der Waals surface area contributed by atoms with Crippen molar-refractivity contribution in [1.82, 2.24) is 15.2 Å². The highest BCUT2D eigenvalue weighted by Gasteiger charge is 2.31. The molecule has 3 aromatic rings. The monoisotopic (exact) mass is 570 g/mol. The molecule has 2 amide bonds. The van der Waals surface area contributed by atoms with E-state index in [9.17, 15) is 22.8 Å². The van der Waals surface area contributed by atoms with Crippen molar-refractivity contribution in [2.75, 3.05) is 19.7 Å². The summed E-state index contributed by atoms with van der Waals surface area (Å²) in [5, 5.41) is 7.60. The van der Waals surface area contributed by atoms with Gasteiger partial charge in [-0.3, -0.25) is 9.79 Å². The Morgan fingerprint density at radius 3 is 2.45 bits per heavy atom. The van der Waals surface area contributed by atoms with E-state index in [4.69, 9.17) is 21.3 Å². The number of halogens is 4. The number of carbonyl (C=O) groups excluding carboxylic acids is 2. The fourth-order valence-electron chi connectivity index (χ4n) is 3.34. The van der Waals surface area contributed by atoms with Crippen molar-refractivity contribution in [3.63, 3.8) is 0 Å². The number of thiazole rings is 1. The zero-order valence-electron chi connectivity index (χ0n) is 20.4. The van der Waals surface area contributed by atoms with Gasteiger partial charge in [0.05, 0.1) is 18.8 Å². The van der Waals surface area contributed by atoms with Crippen molar-refractivity contribution in [3.8, 4) is 17.0 Å². The first kappa shape index (κ1) is 29.1. The third-order valence-corrected chi connectivity index (χ3v) is 6.19. The second kappa shape index (κ2) is 13.9. The smallest absolute Gasteiger partial charge is 0.465 e. The van der Waals surface area contributed by atoms with Crippen LogP contribution in [0.5, 0.6) is 5.75 Å². The summed E-state index contributed by atoms with van der Waals surface area (Å²) in [6.45, 7) is 2.86. The number of nitrogens with one attached hydrogen (secondary N) is 2. The predicted molar refractivity (Wildman–Crippen MR) is 138 cm³/mol. The molecule has 0 bridgehead atoms. The van der Waals surface area contributed by atoms with Gasteiger partial charge in [-0.05, 0) is 60.9 Å². The van der Waals surface area contributed by atoms with Crippen molar-refractivity contribution >= 4 is 34.9 Å². The summed E-state index contributed by atoms with van der Waals surface area (Å²) in [5.41, 5.74) is 2.41. The molecule has 8 nitrogen and oxygen atoms in total. The first-order chi connectivity index (χ1) is 18.1. The summed E-state index contributed by atoms with van der Waals surface area (Å²) in [6, 6.07) is 12.4. The second-order valence-electron chi connectivity index (χ2n) is 7.84. The van der Waals surface area contributed by atoms with Crippen LogP contribution in [0.15, 0.2) is 58.9 Å². The highest BCUT2D eigenvalue weighted by molar-refractivity contribution is 7.07. The summed E-state index contributed by atoms with van der Waals surface area (Å²) < 4.78 is 48.3. The molecule has 0 radical (unpaired) electrons. The minimum atomic E-state index is -4.77. The van der Waals surface area contributed by atoms with Crippen molar-refractivity contribution in [2.24, 2.45) is 4.99 Å². The average Bonchev–Trinajstić information content (AvgIpc) is 3.27. The van der Waals surface area contributed by atoms with Crippen LogP contribution in [0.3, 0.4) is 0 Å². The number of rotatable bonds is 11. The molecule has 38 heavy (non-hydrogen) atoms. The van der Waals surface area contributed by atoms with Crippen molar-refractivity contribution < 1.29 is 32.2 Å². The van der Waals surface area contributed by atoms with Crippen LogP contribution in [-0.4, -0.2) is 42.6 Å². The zero-order chi connectivity index (χ0) is 27.5. The van der Waals surface area contributed by atoms with Crippen LogP contribution in [-0.2, 0) is 22.6 Å². The van der Waals surface area contributed by atoms with Crippen LogP contribution < -0.4 is 20.2 Å². The normalized spacial score (nSPS) is 11.8. The molecule has 1 aromatic heterocycles. The Balaban J connectivity index is 1.72. The Hall–Kier alpha value is -3.51. The van der Waals surface area contributed by atoms with E-state index in [0.717, 1.165) is 11.3 Å². The van der Waals surface area contributed by atoms with E-state index in [2.05, 4.69) is 15.4 Å². The van der Waals surface area contributed by atoms with Crippen molar-refractivity contribution in [2.45, 2.75) is 32.8 Å². The zero-order valence-corrected chi connectivity index (χ0v) is 22.0. The molecule has 0 fully saturated rings. The van der Waals surface area contributed by atoms with Crippen LogP contribution in [0, 0.1) is 0 Å². The average molecular weight is 571 g/mol. The molecule has 0 aliphatic carbocycles. The van der Waals surface area contributed by atoms with Crippen molar-refractivity contribution in [3.05, 3.63) is 69.3 Å². The summed E-state index contributed by atoms with van der Waals surface area (Å²) >= 11 is 7.35. The number of hydrogen-bond acceptors (Lipinski definition) is 6. The molecule has 0 saturated carbocycles. The van der Waals surface area contributed by atoms with Gasteiger partial charge in [-0.1, -0.05) is 23.7 Å². The first-order valence-electron chi connectivity index (χ1n) is 11.6. The second-order valence-corrected chi connectivity index (χ2v) is 9.11. The largest absolute Gasteiger partial charge is 0.573 e. The topological polar surface area (TPSA) is 93.9 Å². The number of urea groups is 1. The number of ether oxygens (including phenoxy) is 2. The van der Waals surface area contributed by atoms with E-state index in [1.165, 1.54) is 23.5 Å². The SMILES string of the molecule is CCOC(=O)CNC(=O)NCCCn1c(-c2ccc(OC(F)(F)F)cc2)cs/c1=N\Cc1ccc(Cl)cc1. The van der Waals surface area contributed by atoms with Crippen LogP contribution in [0.2, 0.25) is 5.02 Å². The van der Waals surface area contributed by atoms with E-state index in [1.807, 2.05) is 22.1 Å². The molecular formula is C25H26ClF3N4O4S. The number of benzene rings is 2. The van der Waals surface area contributed by atoms with Gasteiger partial charge in [-0.2, -0.15) is 0 Å². The Bertz CT molecular complexity index is 1280. The third kappa shape index (κ3) is 9.42. The van der Waals surface area contributed by atoms with Gasteiger partial charge in [0.25, 0.3) is 0 Å². The van der Waals surface area contributed by atoms with Gasteiger partial charge in [0, 0.05) is 23.5 Å². The molecule has 0 aliphatic heterocycles. The number of aromatic nitrogens is 1. The maximum atomic E-state index is 12.5. The van der Waals surface area contributed by atoms with Gasteiger partial charge in [0.1, 0.15) is 12.3 Å².